The minimum absolute atomic E-state index is 0.0636. The smallest absolute Gasteiger partial charge is 0.303 e. The molecule has 4 heteroatoms. The van der Waals surface area contributed by atoms with E-state index in [1.807, 2.05) is 0 Å². The average Bonchev–Trinajstić information content (AvgIpc) is 2.70. The highest BCUT2D eigenvalue weighted by atomic mass is 16.4. The third kappa shape index (κ3) is 18.4. The standard InChI is InChI=1S/C18H32O2.C10H20O2/c1-2-3-4-5-6-7-8-9-10-11-12-13-14-15-16-17-18(19)20;1-7-4-5-8(9(11)6-7)10(2,3)12/h6-7,9-10H,2-5,8,11-17H2,1H3,(H,19,20);7-9,11-12H,4-6H2,1-3H3/b7-6-,10-9-;. The summed E-state index contributed by atoms with van der Waals surface area (Å²) >= 11 is 0. The Kier molecular flexibility index (Phi) is 18.7. The van der Waals surface area contributed by atoms with Gasteiger partial charge < -0.3 is 15.3 Å². The van der Waals surface area contributed by atoms with Crippen LogP contribution in [-0.2, 0) is 4.79 Å². The SMILES string of the molecule is CC1CCC(C(C)(C)O)C(O)C1.CCCCC/C=C\C/C=C\CCCCCCCC(=O)O. The van der Waals surface area contributed by atoms with E-state index >= 15 is 0 Å². The number of unbranched alkanes of at least 4 members (excludes halogenated alkanes) is 8. The number of hydrogen-bond acceptors (Lipinski definition) is 3. The second-order valence-corrected chi connectivity index (χ2v) is 10.1. The maximum atomic E-state index is 10.3. The van der Waals surface area contributed by atoms with Crippen LogP contribution in [0.1, 0.15) is 124 Å². The average molecular weight is 453 g/mol. The molecule has 32 heavy (non-hydrogen) atoms. The van der Waals surface area contributed by atoms with Crippen LogP contribution in [0.4, 0.5) is 0 Å². The van der Waals surface area contributed by atoms with E-state index in [0.717, 1.165) is 44.9 Å². The van der Waals surface area contributed by atoms with Crippen molar-refractivity contribution in [3.05, 3.63) is 24.3 Å². The number of carboxylic acids is 1. The van der Waals surface area contributed by atoms with Crippen LogP contribution in [0.15, 0.2) is 24.3 Å². The molecule has 3 atom stereocenters. The van der Waals surface area contributed by atoms with Gasteiger partial charge in [-0.1, -0.05) is 76.7 Å². The van der Waals surface area contributed by atoms with Gasteiger partial charge in [0.2, 0.25) is 0 Å². The van der Waals surface area contributed by atoms with E-state index in [2.05, 4.69) is 38.2 Å². The van der Waals surface area contributed by atoms with Crippen LogP contribution in [0.5, 0.6) is 0 Å². The number of aliphatic hydroxyl groups excluding tert-OH is 1. The Labute approximate surface area is 198 Å². The molecule has 1 aliphatic rings. The van der Waals surface area contributed by atoms with E-state index in [9.17, 15) is 15.0 Å². The molecule has 0 bridgehead atoms. The maximum Gasteiger partial charge on any atom is 0.303 e. The summed E-state index contributed by atoms with van der Waals surface area (Å²) in [6.45, 7) is 7.97. The predicted octanol–water partition coefficient (Wildman–Crippen LogP) is 7.44. The van der Waals surface area contributed by atoms with Crippen LogP contribution in [-0.4, -0.2) is 33.0 Å². The number of hydrogen-bond donors (Lipinski definition) is 3. The first-order valence-electron chi connectivity index (χ1n) is 13.1. The Morgan fingerprint density at radius 1 is 0.906 bits per heavy atom. The summed E-state index contributed by atoms with van der Waals surface area (Å²) in [6, 6.07) is 0. The zero-order valence-corrected chi connectivity index (χ0v) is 21.4. The topological polar surface area (TPSA) is 77.8 Å². The predicted molar refractivity (Wildman–Crippen MR) is 136 cm³/mol. The number of carbonyl (C=O) groups is 1. The number of aliphatic carboxylic acids is 1. The first kappa shape index (κ1) is 30.9. The molecule has 0 saturated heterocycles. The molecule has 3 unspecified atom stereocenters. The molecule has 0 aromatic rings. The number of carboxylic acid groups (broad SMARTS) is 1. The molecule has 0 aliphatic heterocycles. The van der Waals surface area contributed by atoms with Gasteiger partial charge in [0.25, 0.3) is 0 Å². The molecule has 1 aliphatic carbocycles. The van der Waals surface area contributed by atoms with Gasteiger partial charge in [0.1, 0.15) is 0 Å². The molecule has 4 nitrogen and oxygen atoms in total. The molecule has 0 radical (unpaired) electrons. The molecule has 1 saturated carbocycles. The van der Waals surface area contributed by atoms with Gasteiger partial charge in [0.05, 0.1) is 11.7 Å². The van der Waals surface area contributed by atoms with Crippen molar-refractivity contribution in [3.8, 4) is 0 Å². The molecule has 0 spiro atoms. The van der Waals surface area contributed by atoms with Crippen molar-refractivity contribution in [2.75, 3.05) is 0 Å². The van der Waals surface area contributed by atoms with Crippen molar-refractivity contribution in [1.29, 1.82) is 0 Å². The van der Waals surface area contributed by atoms with E-state index in [0.29, 0.717) is 12.3 Å². The van der Waals surface area contributed by atoms with E-state index in [1.54, 1.807) is 13.8 Å². The molecular weight excluding hydrogens is 400 g/mol. The molecule has 0 aromatic heterocycles. The second-order valence-electron chi connectivity index (χ2n) is 10.1. The summed E-state index contributed by atoms with van der Waals surface area (Å²) in [5, 5.41) is 28.0. The number of rotatable bonds is 15. The van der Waals surface area contributed by atoms with Crippen LogP contribution in [0.3, 0.4) is 0 Å². The normalized spacial score (nSPS) is 21.6. The molecule has 1 fully saturated rings. The van der Waals surface area contributed by atoms with Crippen molar-refractivity contribution < 1.29 is 20.1 Å². The summed E-state index contributed by atoms with van der Waals surface area (Å²) in [5.74, 6) is 0.00276. The fourth-order valence-corrected chi connectivity index (χ4v) is 4.26. The summed E-state index contributed by atoms with van der Waals surface area (Å²) in [4.78, 5) is 10.3. The van der Waals surface area contributed by atoms with Crippen molar-refractivity contribution in [2.45, 2.75) is 136 Å². The van der Waals surface area contributed by atoms with Crippen LogP contribution in [0.25, 0.3) is 0 Å². The molecule has 1 rings (SSSR count). The first-order valence-corrected chi connectivity index (χ1v) is 13.1. The van der Waals surface area contributed by atoms with E-state index in [4.69, 9.17) is 5.11 Å². The van der Waals surface area contributed by atoms with Crippen LogP contribution < -0.4 is 0 Å². The van der Waals surface area contributed by atoms with E-state index in [-0.39, 0.29) is 12.0 Å². The van der Waals surface area contributed by atoms with Gasteiger partial charge in [-0.15, -0.1) is 0 Å². The monoisotopic (exact) mass is 452 g/mol. The summed E-state index contributed by atoms with van der Waals surface area (Å²) < 4.78 is 0. The summed E-state index contributed by atoms with van der Waals surface area (Å²) in [5.41, 5.74) is -0.723. The van der Waals surface area contributed by atoms with Crippen LogP contribution in [0, 0.1) is 11.8 Å². The fraction of sp³-hybridized carbons (Fsp3) is 0.821. The van der Waals surface area contributed by atoms with Crippen molar-refractivity contribution >= 4 is 5.97 Å². The Hall–Kier alpha value is -1.13. The Balaban J connectivity index is 0.000000677. The highest BCUT2D eigenvalue weighted by Gasteiger charge is 2.36. The lowest BCUT2D eigenvalue weighted by molar-refractivity contribution is -0.137. The summed E-state index contributed by atoms with van der Waals surface area (Å²) in [6.07, 6.45) is 24.9. The van der Waals surface area contributed by atoms with Crippen molar-refractivity contribution in [1.82, 2.24) is 0 Å². The lowest BCUT2D eigenvalue weighted by Crippen LogP contribution is -2.42. The third-order valence-corrected chi connectivity index (χ3v) is 6.33. The second kappa shape index (κ2) is 19.3. The minimum atomic E-state index is -0.723. The molecule has 3 N–H and O–H groups in total. The molecule has 0 heterocycles. The van der Waals surface area contributed by atoms with Gasteiger partial charge in [-0.3, -0.25) is 4.79 Å². The lowest BCUT2D eigenvalue weighted by atomic mass is 9.73. The van der Waals surface area contributed by atoms with Gasteiger partial charge in [-0.25, -0.2) is 0 Å². The molecule has 0 amide bonds. The third-order valence-electron chi connectivity index (χ3n) is 6.33. The first-order chi connectivity index (χ1) is 15.2. The van der Waals surface area contributed by atoms with E-state index < -0.39 is 11.6 Å². The van der Waals surface area contributed by atoms with Gasteiger partial charge in [0, 0.05) is 12.3 Å². The van der Waals surface area contributed by atoms with E-state index in [1.165, 1.54) is 44.9 Å². The van der Waals surface area contributed by atoms with Crippen molar-refractivity contribution in [3.63, 3.8) is 0 Å². The van der Waals surface area contributed by atoms with Gasteiger partial charge in [0.15, 0.2) is 0 Å². The highest BCUT2D eigenvalue weighted by molar-refractivity contribution is 5.66. The van der Waals surface area contributed by atoms with Crippen molar-refractivity contribution in [2.24, 2.45) is 11.8 Å². The fourth-order valence-electron chi connectivity index (χ4n) is 4.26. The summed E-state index contributed by atoms with van der Waals surface area (Å²) in [7, 11) is 0. The van der Waals surface area contributed by atoms with Gasteiger partial charge in [-0.2, -0.15) is 0 Å². The number of aliphatic hydroxyl groups is 2. The Bertz CT molecular complexity index is 504. The molecule has 188 valence electrons. The quantitative estimate of drug-likeness (QED) is 0.178. The molecular formula is C28H52O4. The van der Waals surface area contributed by atoms with Crippen LogP contribution in [0.2, 0.25) is 0 Å². The Morgan fingerprint density at radius 3 is 2.00 bits per heavy atom. The zero-order valence-electron chi connectivity index (χ0n) is 21.4. The number of allylic oxidation sites excluding steroid dienone is 4. The molecule has 0 aromatic carbocycles. The Morgan fingerprint density at radius 2 is 1.47 bits per heavy atom. The largest absolute Gasteiger partial charge is 0.481 e. The van der Waals surface area contributed by atoms with Gasteiger partial charge in [-0.05, 0) is 71.1 Å². The zero-order chi connectivity index (χ0) is 24.2. The van der Waals surface area contributed by atoms with Crippen LogP contribution >= 0.6 is 0 Å². The lowest BCUT2D eigenvalue weighted by Gasteiger charge is -2.38. The minimum Gasteiger partial charge on any atom is -0.481 e. The maximum absolute atomic E-state index is 10.3. The van der Waals surface area contributed by atoms with Gasteiger partial charge >= 0.3 is 5.97 Å². The highest BCUT2D eigenvalue weighted by Crippen LogP contribution is 2.35.